The second kappa shape index (κ2) is 10.0. The van der Waals surface area contributed by atoms with Gasteiger partial charge in [-0.2, -0.15) is 4.73 Å². The Morgan fingerprint density at radius 3 is 2.53 bits per heavy atom. The molecule has 7 nitrogen and oxygen atoms in total. The molecule has 0 bridgehead atoms. The number of pyridine rings is 1. The van der Waals surface area contributed by atoms with E-state index in [4.69, 9.17) is 0 Å². The standard InChI is InChI=1S/C29H24N4O3S.ClH/c1-30(2)29(35)33-17-24(22-11-10-20(15-25(22)33)19-7-4-3-5-8-19)27(34)23-12-14-32-26(23)18-37-28(32)21-9-6-13-31(36)16-21;/h3-17,28H,18H2,1-2H3;1H. The van der Waals surface area contributed by atoms with Crippen molar-refractivity contribution in [3.63, 3.8) is 0 Å². The van der Waals surface area contributed by atoms with Crippen molar-refractivity contribution in [2.75, 3.05) is 14.1 Å². The lowest BCUT2D eigenvalue weighted by Gasteiger charge is -2.12. The van der Waals surface area contributed by atoms with E-state index < -0.39 is 0 Å². The molecule has 3 aromatic heterocycles. The predicted octanol–water partition coefficient (Wildman–Crippen LogP) is 5.72. The lowest BCUT2D eigenvalue weighted by molar-refractivity contribution is -0.605. The fourth-order valence-corrected chi connectivity index (χ4v) is 6.22. The van der Waals surface area contributed by atoms with E-state index in [2.05, 4.69) is 4.57 Å². The normalized spacial score (nSPS) is 14.2. The number of ketones is 1. The van der Waals surface area contributed by atoms with Gasteiger partial charge in [0.25, 0.3) is 0 Å². The Kier molecular flexibility index (Phi) is 6.77. The zero-order valence-corrected chi connectivity index (χ0v) is 22.4. The first-order valence-electron chi connectivity index (χ1n) is 11.9. The molecular formula is C29H25ClN4O3S. The fraction of sp³-hybridized carbons (Fsp3) is 0.138. The number of carbonyl (C=O) groups is 2. The van der Waals surface area contributed by atoms with Gasteiger partial charge in [0.1, 0.15) is 5.37 Å². The molecular weight excluding hydrogens is 520 g/mol. The molecule has 6 rings (SSSR count). The van der Waals surface area contributed by atoms with Crippen molar-refractivity contribution in [2.24, 2.45) is 0 Å². The number of aromatic nitrogens is 3. The zero-order valence-electron chi connectivity index (χ0n) is 20.8. The Labute approximate surface area is 230 Å². The molecule has 0 spiro atoms. The number of hydrogen-bond acceptors (Lipinski definition) is 4. The van der Waals surface area contributed by atoms with Crippen molar-refractivity contribution in [1.29, 1.82) is 0 Å². The summed E-state index contributed by atoms with van der Waals surface area (Å²) in [6.07, 6.45) is 6.60. The second-order valence-electron chi connectivity index (χ2n) is 9.26. The predicted molar refractivity (Wildman–Crippen MR) is 152 cm³/mol. The first-order valence-corrected chi connectivity index (χ1v) is 12.9. The highest BCUT2D eigenvalue weighted by Crippen LogP contribution is 2.42. The van der Waals surface area contributed by atoms with Crippen molar-refractivity contribution < 1.29 is 14.3 Å². The van der Waals surface area contributed by atoms with Crippen molar-refractivity contribution in [3.05, 3.63) is 119 Å². The summed E-state index contributed by atoms with van der Waals surface area (Å²) in [5, 5.41) is 12.5. The van der Waals surface area contributed by atoms with Gasteiger partial charge in [0.15, 0.2) is 18.2 Å². The molecule has 1 amide bonds. The Balaban J connectivity index is 0.00000294. The van der Waals surface area contributed by atoms with Gasteiger partial charge < -0.3 is 14.7 Å². The Morgan fingerprint density at radius 1 is 1.00 bits per heavy atom. The van der Waals surface area contributed by atoms with Crippen LogP contribution in [-0.4, -0.2) is 39.9 Å². The fourth-order valence-electron chi connectivity index (χ4n) is 4.91. The van der Waals surface area contributed by atoms with Gasteiger partial charge in [-0.05, 0) is 29.3 Å². The quantitative estimate of drug-likeness (QED) is 0.165. The average Bonchev–Trinajstić information content (AvgIpc) is 3.61. The third-order valence-electron chi connectivity index (χ3n) is 6.73. The van der Waals surface area contributed by atoms with E-state index in [1.165, 1.54) is 11.1 Å². The summed E-state index contributed by atoms with van der Waals surface area (Å²) in [6, 6.07) is 21.1. The molecule has 1 unspecified atom stereocenters. The van der Waals surface area contributed by atoms with Crippen LogP contribution in [-0.2, 0) is 5.75 Å². The molecule has 0 radical (unpaired) electrons. The molecule has 1 atom stereocenters. The van der Waals surface area contributed by atoms with Crippen LogP contribution in [0.3, 0.4) is 0 Å². The van der Waals surface area contributed by atoms with Gasteiger partial charge in [0.2, 0.25) is 0 Å². The van der Waals surface area contributed by atoms with Crippen molar-refractivity contribution in [1.82, 2.24) is 14.0 Å². The van der Waals surface area contributed by atoms with E-state index in [-0.39, 0.29) is 29.6 Å². The maximum atomic E-state index is 13.9. The summed E-state index contributed by atoms with van der Waals surface area (Å²) >= 11 is 1.68. The molecule has 0 fully saturated rings. The number of halogens is 1. The van der Waals surface area contributed by atoms with Gasteiger partial charge in [0.05, 0.1) is 11.1 Å². The number of amides is 1. The lowest BCUT2D eigenvalue weighted by atomic mass is 10.00. The van der Waals surface area contributed by atoms with Gasteiger partial charge in [-0.3, -0.25) is 9.36 Å². The summed E-state index contributed by atoms with van der Waals surface area (Å²) in [6.45, 7) is 0. The largest absolute Gasteiger partial charge is 0.619 e. The molecule has 1 aliphatic rings. The molecule has 192 valence electrons. The molecule has 0 aliphatic carbocycles. The van der Waals surface area contributed by atoms with Crippen LogP contribution in [0.15, 0.2) is 91.5 Å². The van der Waals surface area contributed by atoms with Crippen LogP contribution < -0.4 is 4.73 Å². The minimum atomic E-state index is -0.220. The number of carbonyl (C=O) groups excluding carboxylic acids is 2. The van der Waals surface area contributed by atoms with E-state index in [1.807, 2.05) is 66.9 Å². The summed E-state index contributed by atoms with van der Waals surface area (Å²) in [4.78, 5) is 28.5. The van der Waals surface area contributed by atoms with Crippen molar-refractivity contribution in [2.45, 2.75) is 11.1 Å². The van der Waals surface area contributed by atoms with Crippen LogP contribution >= 0.6 is 24.2 Å². The Morgan fingerprint density at radius 2 is 1.79 bits per heavy atom. The zero-order chi connectivity index (χ0) is 25.7. The number of rotatable bonds is 4. The molecule has 9 heteroatoms. The molecule has 38 heavy (non-hydrogen) atoms. The van der Waals surface area contributed by atoms with Crippen LogP contribution in [0.25, 0.3) is 22.0 Å². The van der Waals surface area contributed by atoms with E-state index >= 15 is 0 Å². The number of thioether (sulfide) groups is 1. The topological polar surface area (TPSA) is 74.2 Å². The summed E-state index contributed by atoms with van der Waals surface area (Å²) in [5.41, 5.74) is 5.61. The molecule has 5 aromatic rings. The smallest absolute Gasteiger partial charge is 0.328 e. The summed E-state index contributed by atoms with van der Waals surface area (Å²) in [7, 11) is 3.40. The molecule has 1 aliphatic heterocycles. The minimum absolute atomic E-state index is 0. The van der Waals surface area contributed by atoms with E-state index in [0.717, 1.165) is 32.5 Å². The van der Waals surface area contributed by atoms with Gasteiger partial charge in [-0.25, -0.2) is 4.79 Å². The van der Waals surface area contributed by atoms with Crippen LogP contribution in [0.5, 0.6) is 0 Å². The van der Waals surface area contributed by atoms with Gasteiger partial charge in [-0.15, -0.1) is 24.2 Å². The Bertz CT molecular complexity index is 1680. The van der Waals surface area contributed by atoms with Gasteiger partial charge in [0, 0.05) is 60.5 Å². The SMILES string of the molecule is CN(C)C(=O)n1cc(C(=O)c2ccn3c2CSC3c2ccc[n+]([O-])c2)c2ccc(-c3ccccc3)cc21.Cl. The lowest BCUT2D eigenvalue weighted by Crippen LogP contribution is -2.26. The van der Waals surface area contributed by atoms with Crippen molar-refractivity contribution in [3.8, 4) is 11.1 Å². The van der Waals surface area contributed by atoms with Crippen LogP contribution in [0.1, 0.15) is 32.6 Å². The number of benzene rings is 2. The molecule has 2 aromatic carbocycles. The first kappa shape index (κ1) is 25.6. The highest BCUT2D eigenvalue weighted by Gasteiger charge is 2.31. The highest BCUT2D eigenvalue weighted by molar-refractivity contribution is 7.99. The van der Waals surface area contributed by atoms with Crippen LogP contribution in [0.4, 0.5) is 4.79 Å². The third-order valence-corrected chi connectivity index (χ3v) is 7.98. The first-order chi connectivity index (χ1) is 17.9. The third kappa shape index (κ3) is 4.25. The molecule has 0 saturated heterocycles. The van der Waals surface area contributed by atoms with Gasteiger partial charge in [-0.1, -0.05) is 42.5 Å². The van der Waals surface area contributed by atoms with Gasteiger partial charge >= 0.3 is 6.03 Å². The number of hydrogen-bond donors (Lipinski definition) is 0. The Hall–Kier alpha value is -4.01. The van der Waals surface area contributed by atoms with Crippen molar-refractivity contribution >= 4 is 46.9 Å². The minimum Gasteiger partial charge on any atom is -0.619 e. The molecule has 0 saturated carbocycles. The van der Waals surface area contributed by atoms with Crippen LogP contribution in [0.2, 0.25) is 0 Å². The highest BCUT2D eigenvalue weighted by atomic mass is 35.5. The van der Waals surface area contributed by atoms with Crippen LogP contribution in [0, 0.1) is 5.21 Å². The maximum Gasteiger partial charge on any atom is 0.328 e. The van der Waals surface area contributed by atoms with E-state index in [0.29, 0.717) is 22.4 Å². The maximum absolute atomic E-state index is 13.9. The summed E-state index contributed by atoms with van der Waals surface area (Å²) in [5.74, 6) is 0.532. The monoisotopic (exact) mass is 544 g/mol. The average molecular weight is 545 g/mol. The molecule has 4 heterocycles. The number of nitrogens with zero attached hydrogens (tertiary/aromatic N) is 4. The molecule has 0 N–H and O–H groups in total. The number of fused-ring (bicyclic) bond motifs is 2. The van der Waals surface area contributed by atoms with E-state index in [9.17, 15) is 14.8 Å². The van der Waals surface area contributed by atoms with E-state index in [1.54, 1.807) is 48.9 Å². The second-order valence-corrected chi connectivity index (χ2v) is 10.3. The summed E-state index contributed by atoms with van der Waals surface area (Å²) < 4.78 is 4.41.